The lowest BCUT2D eigenvalue weighted by atomic mass is 9.55. The second-order valence-corrected chi connectivity index (χ2v) is 16.8. The molecule has 0 amide bonds. The van der Waals surface area contributed by atoms with E-state index < -0.39 is 0 Å². The number of fused-ring (bicyclic) bond motifs is 10. The summed E-state index contributed by atoms with van der Waals surface area (Å²) in [6.45, 7) is 9.47. The average molecular weight is 744 g/mol. The topological polar surface area (TPSA) is 38.7 Å². The molecule has 0 bridgehead atoms. The Bertz CT molecular complexity index is 3290. The predicted octanol–water partition coefficient (Wildman–Crippen LogP) is 14.4. The summed E-state index contributed by atoms with van der Waals surface area (Å²) in [4.78, 5) is 15.5. The largest absolute Gasteiger partial charge is 0.208 e. The molecule has 0 spiro atoms. The second kappa shape index (κ2) is 12.8. The van der Waals surface area contributed by atoms with Crippen molar-refractivity contribution in [2.75, 3.05) is 0 Å². The molecule has 10 aromatic rings. The van der Waals surface area contributed by atoms with Crippen molar-refractivity contribution >= 4 is 43.1 Å². The minimum atomic E-state index is -0.136. The van der Waals surface area contributed by atoms with Crippen molar-refractivity contribution in [3.8, 4) is 56.4 Å². The van der Waals surface area contributed by atoms with E-state index in [-0.39, 0.29) is 10.8 Å². The molecule has 58 heavy (non-hydrogen) atoms. The van der Waals surface area contributed by atoms with Crippen molar-refractivity contribution in [1.29, 1.82) is 0 Å². The first-order valence-electron chi connectivity index (χ1n) is 20.2. The highest BCUT2D eigenvalue weighted by molar-refractivity contribution is 6.25. The molecule has 1 aliphatic carbocycles. The van der Waals surface area contributed by atoms with E-state index in [1.165, 1.54) is 70.9 Å². The average Bonchev–Trinajstić information content (AvgIpc) is 3.28. The van der Waals surface area contributed by atoms with Gasteiger partial charge in [-0.1, -0.05) is 191 Å². The first-order valence-corrected chi connectivity index (χ1v) is 20.2. The maximum atomic E-state index is 5.25. The smallest absolute Gasteiger partial charge is 0.164 e. The summed E-state index contributed by atoms with van der Waals surface area (Å²) in [5, 5.41) is 10.1. The highest BCUT2D eigenvalue weighted by Crippen LogP contribution is 2.54. The Hall–Kier alpha value is -6.97. The van der Waals surface area contributed by atoms with E-state index in [0.29, 0.717) is 17.5 Å². The fourth-order valence-corrected chi connectivity index (χ4v) is 9.48. The predicted molar refractivity (Wildman–Crippen MR) is 243 cm³/mol. The zero-order valence-corrected chi connectivity index (χ0v) is 33.1. The summed E-state index contributed by atoms with van der Waals surface area (Å²) in [5.74, 6) is 1.97. The molecule has 3 heteroatoms. The van der Waals surface area contributed by atoms with Crippen molar-refractivity contribution < 1.29 is 0 Å². The third-order valence-corrected chi connectivity index (χ3v) is 13.3. The monoisotopic (exact) mass is 743 g/mol. The summed E-state index contributed by atoms with van der Waals surface area (Å²) in [6.07, 6.45) is 0. The molecule has 0 radical (unpaired) electrons. The van der Waals surface area contributed by atoms with Gasteiger partial charge in [-0.2, -0.15) is 0 Å². The van der Waals surface area contributed by atoms with Crippen LogP contribution in [0.5, 0.6) is 0 Å². The molecule has 0 atom stereocenters. The molecule has 0 fully saturated rings. The number of rotatable bonds is 4. The van der Waals surface area contributed by atoms with E-state index in [1.807, 2.05) is 18.2 Å². The number of nitrogens with zero attached hydrogens (tertiary/aromatic N) is 3. The minimum Gasteiger partial charge on any atom is -0.208 e. The number of aromatic nitrogens is 3. The molecule has 1 aliphatic rings. The van der Waals surface area contributed by atoms with Crippen molar-refractivity contribution in [3.05, 3.63) is 187 Å². The van der Waals surface area contributed by atoms with Gasteiger partial charge in [-0.25, -0.2) is 15.0 Å². The van der Waals surface area contributed by atoms with Gasteiger partial charge in [0.1, 0.15) is 0 Å². The molecule has 3 nitrogen and oxygen atoms in total. The van der Waals surface area contributed by atoms with Crippen LogP contribution < -0.4 is 0 Å². The van der Waals surface area contributed by atoms with Gasteiger partial charge in [-0.15, -0.1) is 0 Å². The molecule has 0 unspecified atom stereocenters. The maximum absolute atomic E-state index is 5.25. The number of benzene rings is 9. The normalized spacial score (nSPS) is 14.1. The first kappa shape index (κ1) is 34.3. The van der Waals surface area contributed by atoms with Gasteiger partial charge in [0, 0.05) is 16.7 Å². The van der Waals surface area contributed by atoms with Gasteiger partial charge in [0.15, 0.2) is 17.5 Å². The molecule has 9 aromatic carbocycles. The van der Waals surface area contributed by atoms with Crippen LogP contribution in [0.3, 0.4) is 0 Å². The van der Waals surface area contributed by atoms with Crippen molar-refractivity contribution in [2.24, 2.45) is 0 Å². The van der Waals surface area contributed by atoms with E-state index >= 15 is 0 Å². The summed E-state index contributed by atoms with van der Waals surface area (Å²) in [5.41, 5.74) is 10.2. The van der Waals surface area contributed by atoms with Crippen LogP contribution in [0.1, 0.15) is 38.8 Å². The quantitative estimate of drug-likeness (QED) is 0.169. The maximum Gasteiger partial charge on any atom is 0.164 e. The zero-order valence-electron chi connectivity index (χ0n) is 33.1. The van der Waals surface area contributed by atoms with Crippen LogP contribution in [0.4, 0.5) is 0 Å². The molecular formula is C55H41N3. The Balaban J connectivity index is 1.07. The van der Waals surface area contributed by atoms with E-state index in [9.17, 15) is 0 Å². The highest BCUT2D eigenvalue weighted by Gasteiger charge is 2.45. The lowest BCUT2D eigenvalue weighted by molar-refractivity contribution is 0.299. The third-order valence-electron chi connectivity index (χ3n) is 13.3. The second-order valence-electron chi connectivity index (χ2n) is 16.8. The summed E-state index contributed by atoms with van der Waals surface area (Å²) < 4.78 is 0. The van der Waals surface area contributed by atoms with Crippen LogP contribution in [-0.4, -0.2) is 15.0 Å². The Labute approximate surface area is 338 Å². The molecule has 0 saturated carbocycles. The van der Waals surface area contributed by atoms with Crippen LogP contribution in [0, 0.1) is 0 Å². The Morgan fingerprint density at radius 1 is 0.310 bits per heavy atom. The van der Waals surface area contributed by atoms with Gasteiger partial charge >= 0.3 is 0 Å². The van der Waals surface area contributed by atoms with Crippen LogP contribution in [0.25, 0.3) is 99.5 Å². The third kappa shape index (κ3) is 5.16. The zero-order chi connectivity index (χ0) is 39.2. The fourth-order valence-electron chi connectivity index (χ4n) is 9.48. The van der Waals surface area contributed by atoms with Gasteiger partial charge in [-0.3, -0.25) is 0 Å². The van der Waals surface area contributed by atoms with E-state index in [1.54, 1.807) is 0 Å². The van der Waals surface area contributed by atoms with Gasteiger partial charge in [0.05, 0.1) is 0 Å². The molecule has 0 N–H and O–H groups in total. The molecular weight excluding hydrogens is 703 g/mol. The summed E-state index contributed by atoms with van der Waals surface area (Å²) >= 11 is 0. The van der Waals surface area contributed by atoms with Gasteiger partial charge in [-0.05, 0) is 99.4 Å². The van der Waals surface area contributed by atoms with Gasteiger partial charge < -0.3 is 0 Å². The molecule has 11 rings (SSSR count). The van der Waals surface area contributed by atoms with E-state index in [4.69, 9.17) is 15.0 Å². The van der Waals surface area contributed by atoms with Crippen molar-refractivity contribution in [3.63, 3.8) is 0 Å². The SMILES string of the molecule is CC1(C)c2ccccc2-c2ccc(-c3nc(-c4ccccc4)nc(-c4cccc(-c5cccc6c5ccc5ccc7c8ccccc8ccc7c56)c4)n3)cc2C1(C)C. The van der Waals surface area contributed by atoms with Crippen LogP contribution in [-0.2, 0) is 10.8 Å². The molecule has 1 aromatic heterocycles. The molecule has 1 heterocycles. The van der Waals surface area contributed by atoms with Gasteiger partial charge in [0.25, 0.3) is 0 Å². The van der Waals surface area contributed by atoms with Crippen molar-refractivity contribution in [2.45, 2.75) is 38.5 Å². The van der Waals surface area contributed by atoms with Gasteiger partial charge in [0.2, 0.25) is 0 Å². The highest BCUT2D eigenvalue weighted by atomic mass is 15.0. The Morgan fingerprint density at radius 2 is 0.845 bits per heavy atom. The molecule has 276 valence electrons. The lowest BCUT2D eigenvalue weighted by Crippen LogP contribution is -2.43. The standard InChI is InChI=1S/C55H41N3/c1-54(2)48-23-11-10-20-44(48)45-30-27-39(33-49(45)55(54,3)4)53-57-51(36-15-6-5-7-16-36)56-52(58-53)38-18-12-17-37(32-38)41-21-13-22-46-43(41)29-26-35-25-28-42-40-19-9-8-14-34(40)24-31-47(42)50(35)46/h5-33H,1-4H3. The number of hydrogen-bond donors (Lipinski definition) is 0. The Kier molecular flexibility index (Phi) is 7.55. The van der Waals surface area contributed by atoms with E-state index in [0.717, 1.165) is 22.3 Å². The first-order chi connectivity index (χ1) is 28.3. The fraction of sp³-hybridized carbons (Fsp3) is 0.109. The minimum absolute atomic E-state index is 0.0789. The Morgan fingerprint density at radius 3 is 1.67 bits per heavy atom. The summed E-state index contributed by atoms with van der Waals surface area (Å²) in [6, 6.07) is 63.5. The number of hydrogen-bond acceptors (Lipinski definition) is 3. The molecule has 0 aliphatic heterocycles. The summed E-state index contributed by atoms with van der Waals surface area (Å²) in [7, 11) is 0. The molecule has 0 saturated heterocycles. The van der Waals surface area contributed by atoms with E-state index in [2.05, 4.69) is 185 Å². The van der Waals surface area contributed by atoms with Crippen LogP contribution in [0.15, 0.2) is 176 Å². The lowest BCUT2D eigenvalue weighted by Gasteiger charge is -2.48. The van der Waals surface area contributed by atoms with Crippen LogP contribution in [0.2, 0.25) is 0 Å². The van der Waals surface area contributed by atoms with Crippen molar-refractivity contribution in [1.82, 2.24) is 15.0 Å². The van der Waals surface area contributed by atoms with Crippen LogP contribution >= 0.6 is 0 Å².